The lowest BCUT2D eigenvalue weighted by molar-refractivity contribution is -0.175. The first-order valence-corrected chi connectivity index (χ1v) is 10.5. The minimum absolute atomic E-state index is 0.0122. The molecular formula is C23H26N2O5. The van der Waals surface area contributed by atoms with Crippen molar-refractivity contribution in [1.82, 2.24) is 5.16 Å². The summed E-state index contributed by atoms with van der Waals surface area (Å²) in [6, 6.07) is 9.85. The number of benzene rings is 1. The largest absolute Gasteiger partial charge is 0.497 e. The average molecular weight is 410 g/mol. The molecule has 4 aliphatic rings. The van der Waals surface area contributed by atoms with E-state index in [2.05, 4.69) is 22.6 Å². The van der Waals surface area contributed by atoms with Gasteiger partial charge in [-0.15, -0.1) is 0 Å². The van der Waals surface area contributed by atoms with Crippen molar-refractivity contribution >= 4 is 17.7 Å². The van der Waals surface area contributed by atoms with Crippen LogP contribution in [0.15, 0.2) is 41.1 Å². The number of hydrogen-bond acceptors (Lipinski definition) is 6. The van der Waals surface area contributed by atoms with E-state index in [0.717, 1.165) is 37.9 Å². The second kappa shape index (κ2) is 7.15. The molecule has 0 unspecified atom stereocenters. The summed E-state index contributed by atoms with van der Waals surface area (Å²) in [7, 11) is 1.67. The van der Waals surface area contributed by atoms with E-state index in [-0.39, 0.29) is 18.0 Å². The Kier molecular flexibility index (Phi) is 4.56. The summed E-state index contributed by atoms with van der Waals surface area (Å²) in [5.41, 5.74) is 0.814. The Balaban J connectivity index is 1.32. The van der Waals surface area contributed by atoms with E-state index < -0.39 is 11.3 Å². The SMILES string of the molecule is COc1ccc(C23C[C@H]4C[C@@H](CC(C(=O)OCC(=O)Nc5ccon5)(C4)C2)C3)cc1. The first-order chi connectivity index (χ1) is 14.5. The molecule has 4 bridgehead atoms. The predicted octanol–water partition coefficient (Wildman–Crippen LogP) is 3.70. The lowest BCUT2D eigenvalue weighted by Gasteiger charge is -2.61. The number of methoxy groups -OCH3 is 1. The summed E-state index contributed by atoms with van der Waals surface area (Å²) in [5.74, 6) is 1.58. The maximum absolute atomic E-state index is 13.2. The number of ether oxygens (including phenoxy) is 2. The van der Waals surface area contributed by atoms with Gasteiger partial charge in [0, 0.05) is 6.07 Å². The molecule has 0 aliphatic heterocycles. The molecule has 4 fully saturated rings. The number of hydrogen-bond donors (Lipinski definition) is 1. The Labute approximate surface area is 175 Å². The molecule has 0 spiro atoms. The van der Waals surface area contributed by atoms with Crippen LogP contribution in [-0.2, 0) is 19.7 Å². The van der Waals surface area contributed by atoms with Crippen molar-refractivity contribution < 1.29 is 23.6 Å². The summed E-state index contributed by atoms with van der Waals surface area (Å²) >= 11 is 0. The molecule has 7 nitrogen and oxygen atoms in total. The molecule has 1 aromatic carbocycles. The Morgan fingerprint density at radius 1 is 1.13 bits per heavy atom. The maximum atomic E-state index is 13.2. The van der Waals surface area contributed by atoms with Crippen LogP contribution in [0.1, 0.15) is 44.1 Å². The van der Waals surface area contributed by atoms with Gasteiger partial charge >= 0.3 is 5.97 Å². The fraction of sp³-hybridized carbons (Fsp3) is 0.522. The van der Waals surface area contributed by atoms with Gasteiger partial charge in [-0.3, -0.25) is 9.59 Å². The molecule has 7 heteroatoms. The molecule has 1 aromatic heterocycles. The van der Waals surface area contributed by atoms with Gasteiger partial charge in [0.15, 0.2) is 12.4 Å². The first kappa shape index (κ1) is 19.2. The van der Waals surface area contributed by atoms with E-state index in [9.17, 15) is 9.59 Å². The number of aromatic nitrogens is 1. The van der Waals surface area contributed by atoms with Gasteiger partial charge in [-0.2, -0.15) is 0 Å². The van der Waals surface area contributed by atoms with Crippen molar-refractivity contribution in [2.75, 3.05) is 19.0 Å². The zero-order valence-corrected chi connectivity index (χ0v) is 17.1. The van der Waals surface area contributed by atoms with E-state index in [4.69, 9.17) is 14.0 Å². The van der Waals surface area contributed by atoms with Gasteiger partial charge in [0.05, 0.1) is 12.5 Å². The second-order valence-electron chi connectivity index (χ2n) is 9.26. The third-order valence-corrected chi connectivity index (χ3v) is 7.24. The van der Waals surface area contributed by atoms with Crippen LogP contribution in [0.5, 0.6) is 5.75 Å². The topological polar surface area (TPSA) is 90.7 Å². The van der Waals surface area contributed by atoms with Crippen molar-refractivity contribution in [2.24, 2.45) is 17.3 Å². The summed E-state index contributed by atoms with van der Waals surface area (Å²) in [6.45, 7) is -0.307. The van der Waals surface area contributed by atoms with Crippen LogP contribution < -0.4 is 10.1 Å². The minimum atomic E-state index is -0.488. The molecule has 158 valence electrons. The van der Waals surface area contributed by atoms with Crippen LogP contribution in [-0.4, -0.2) is 30.7 Å². The smallest absolute Gasteiger partial charge is 0.312 e. The molecule has 6 rings (SSSR count). The Hall–Kier alpha value is -2.83. The van der Waals surface area contributed by atoms with Crippen molar-refractivity contribution in [2.45, 2.75) is 43.9 Å². The predicted molar refractivity (Wildman–Crippen MR) is 108 cm³/mol. The number of nitrogens with one attached hydrogen (secondary N) is 1. The monoisotopic (exact) mass is 410 g/mol. The van der Waals surface area contributed by atoms with Crippen molar-refractivity contribution in [3.8, 4) is 5.75 Å². The fourth-order valence-electron chi connectivity index (χ4n) is 6.52. The molecule has 1 N–H and O–H groups in total. The van der Waals surface area contributed by atoms with Gasteiger partial charge in [-0.05, 0) is 73.5 Å². The third kappa shape index (κ3) is 3.26. The number of rotatable bonds is 6. The van der Waals surface area contributed by atoms with Crippen molar-refractivity contribution in [3.63, 3.8) is 0 Å². The molecule has 0 radical (unpaired) electrons. The third-order valence-electron chi connectivity index (χ3n) is 7.24. The van der Waals surface area contributed by atoms with Crippen LogP contribution >= 0.6 is 0 Å². The lowest BCUT2D eigenvalue weighted by Crippen LogP contribution is -2.57. The summed E-state index contributed by atoms with van der Waals surface area (Å²) in [5, 5.41) is 6.20. The quantitative estimate of drug-likeness (QED) is 0.730. The van der Waals surface area contributed by atoms with Gasteiger partial charge in [-0.1, -0.05) is 17.3 Å². The molecule has 1 heterocycles. The molecule has 4 aliphatic carbocycles. The molecule has 30 heavy (non-hydrogen) atoms. The molecular weight excluding hydrogens is 384 g/mol. The molecule has 4 saturated carbocycles. The molecule has 2 atom stereocenters. The average Bonchev–Trinajstić information content (AvgIpc) is 3.24. The molecule has 2 aromatic rings. The van der Waals surface area contributed by atoms with Gasteiger partial charge < -0.3 is 19.3 Å². The van der Waals surface area contributed by atoms with Gasteiger partial charge in [-0.25, -0.2) is 0 Å². The summed E-state index contributed by atoms with van der Waals surface area (Å²) < 4.78 is 15.5. The zero-order chi connectivity index (χ0) is 20.8. The van der Waals surface area contributed by atoms with E-state index >= 15 is 0 Å². The zero-order valence-electron chi connectivity index (χ0n) is 17.1. The highest BCUT2D eigenvalue weighted by Gasteiger charge is 2.61. The van der Waals surface area contributed by atoms with Crippen LogP contribution in [0, 0.1) is 17.3 Å². The Morgan fingerprint density at radius 3 is 2.50 bits per heavy atom. The van der Waals surface area contributed by atoms with E-state index in [1.165, 1.54) is 24.3 Å². The first-order valence-electron chi connectivity index (χ1n) is 10.5. The number of esters is 1. The Morgan fingerprint density at radius 2 is 1.87 bits per heavy atom. The minimum Gasteiger partial charge on any atom is -0.497 e. The second-order valence-corrected chi connectivity index (χ2v) is 9.26. The number of amides is 1. The number of carbonyl (C=O) groups is 2. The number of nitrogens with zero attached hydrogens (tertiary/aromatic N) is 1. The molecule has 0 saturated heterocycles. The van der Waals surface area contributed by atoms with Crippen LogP contribution in [0.3, 0.4) is 0 Å². The van der Waals surface area contributed by atoms with Crippen molar-refractivity contribution in [1.29, 1.82) is 0 Å². The van der Waals surface area contributed by atoms with E-state index in [1.807, 2.05) is 12.1 Å². The van der Waals surface area contributed by atoms with E-state index in [0.29, 0.717) is 17.7 Å². The fourth-order valence-corrected chi connectivity index (χ4v) is 6.52. The van der Waals surface area contributed by atoms with Gasteiger partial charge in [0.2, 0.25) is 0 Å². The normalized spacial score (nSPS) is 31.4. The van der Waals surface area contributed by atoms with E-state index in [1.54, 1.807) is 7.11 Å². The number of anilines is 1. The standard InChI is InChI=1S/C23H26N2O5/c1-28-18-4-2-17(3-5-18)22-9-15-8-16(10-22)12-23(11-15,14-22)21(27)29-13-20(26)24-19-6-7-30-25-19/h2-7,15-16H,8-14H2,1H3,(H,24,25,26)/t15-,16-,22?,23?/m1/s1. The highest BCUT2D eigenvalue weighted by atomic mass is 16.5. The maximum Gasteiger partial charge on any atom is 0.312 e. The van der Waals surface area contributed by atoms with Gasteiger partial charge in [0.1, 0.15) is 12.0 Å². The summed E-state index contributed by atoms with van der Waals surface area (Å²) in [6.07, 6.45) is 7.34. The lowest BCUT2D eigenvalue weighted by atomic mass is 9.43. The number of carbonyl (C=O) groups excluding carboxylic acids is 2. The summed E-state index contributed by atoms with van der Waals surface area (Å²) in [4.78, 5) is 25.3. The van der Waals surface area contributed by atoms with Crippen LogP contribution in [0.4, 0.5) is 5.82 Å². The van der Waals surface area contributed by atoms with Crippen molar-refractivity contribution in [3.05, 3.63) is 42.2 Å². The van der Waals surface area contributed by atoms with Crippen LogP contribution in [0.25, 0.3) is 0 Å². The highest BCUT2D eigenvalue weighted by Crippen LogP contribution is 2.66. The van der Waals surface area contributed by atoms with Gasteiger partial charge in [0.25, 0.3) is 5.91 Å². The molecule has 1 amide bonds. The Bertz CT molecular complexity index is 923. The highest BCUT2D eigenvalue weighted by molar-refractivity contribution is 5.92. The van der Waals surface area contributed by atoms with Crippen LogP contribution in [0.2, 0.25) is 0 Å².